The third-order valence-corrected chi connectivity index (χ3v) is 4.19. The number of halogens is 2. The Balaban J connectivity index is 2.18. The van der Waals surface area contributed by atoms with Gasteiger partial charge in [-0.25, -0.2) is 0 Å². The number of aryl methyl sites for hydroxylation is 1. The molecule has 0 aliphatic rings. The maximum absolute atomic E-state index is 6.29. The third kappa shape index (κ3) is 3.74. The van der Waals surface area contributed by atoms with E-state index in [1.54, 1.807) is 7.11 Å². The second kappa shape index (κ2) is 6.44. The Bertz CT molecular complexity index is 568. The predicted molar refractivity (Wildman–Crippen MR) is 84.6 cm³/mol. The maximum atomic E-state index is 6.29. The Labute approximate surface area is 127 Å². The lowest BCUT2D eigenvalue weighted by Gasteiger charge is -2.13. The number of benzene rings is 2. The van der Waals surface area contributed by atoms with Crippen molar-refractivity contribution in [1.29, 1.82) is 0 Å². The Kier molecular flexibility index (Phi) is 4.89. The summed E-state index contributed by atoms with van der Waals surface area (Å²) in [6.07, 6.45) is 0.910. The molecule has 0 radical (unpaired) electrons. The highest BCUT2D eigenvalue weighted by Crippen LogP contribution is 2.34. The molecule has 0 N–H and O–H groups in total. The molecule has 0 fully saturated rings. The minimum atomic E-state index is 0.202. The fourth-order valence-electron chi connectivity index (χ4n) is 2.04. The van der Waals surface area contributed by atoms with Crippen LogP contribution in [-0.4, -0.2) is 7.11 Å². The van der Waals surface area contributed by atoms with Gasteiger partial charge >= 0.3 is 0 Å². The Morgan fingerprint density at radius 1 is 1.21 bits per heavy atom. The van der Waals surface area contributed by atoms with E-state index in [1.165, 1.54) is 11.1 Å². The molecule has 2 aromatic carbocycles. The van der Waals surface area contributed by atoms with Crippen molar-refractivity contribution in [3.05, 3.63) is 64.2 Å². The molecule has 0 saturated carbocycles. The average molecular weight is 340 g/mol. The highest BCUT2D eigenvalue weighted by molar-refractivity contribution is 9.09. The SMILES string of the molecule is COc1ccc(C(Br)Cc2cccc(C)c2)c(Cl)c1. The zero-order valence-corrected chi connectivity index (χ0v) is 13.3. The number of rotatable bonds is 4. The summed E-state index contributed by atoms with van der Waals surface area (Å²) in [5.41, 5.74) is 3.66. The van der Waals surface area contributed by atoms with E-state index < -0.39 is 0 Å². The summed E-state index contributed by atoms with van der Waals surface area (Å²) in [5, 5.41) is 0.730. The fraction of sp³-hybridized carbons (Fsp3) is 0.250. The van der Waals surface area contributed by atoms with Crippen LogP contribution in [0.25, 0.3) is 0 Å². The molecule has 1 unspecified atom stereocenters. The Morgan fingerprint density at radius 2 is 2.00 bits per heavy atom. The first-order valence-electron chi connectivity index (χ1n) is 6.13. The van der Waals surface area contributed by atoms with Gasteiger partial charge < -0.3 is 4.74 Å². The van der Waals surface area contributed by atoms with E-state index in [2.05, 4.69) is 47.1 Å². The zero-order valence-electron chi connectivity index (χ0n) is 11.0. The van der Waals surface area contributed by atoms with Gasteiger partial charge in [-0.05, 0) is 36.6 Å². The topological polar surface area (TPSA) is 9.23 Å². The second-order valence-corrected chi connectivity index (χ2v) is 6.06. The Hall–Kier alpha value is -0.990. The quantitative estimate of drug-likeness (QED) is 0.684. The summed E-state index contributed by atoms with van der Waals surface area (Å²) in [4.78, 5) is 0.202. The van der Waals surface area contributed by atoms with E-state index in [0.29, 0.717) is 0 Å². The van der Waals surface area contributed by atoms with Crippen molar-refractivity contribution in [3.8, 4) is 5.75 Å². The molecule has 2 aromatic rings. The van der Waals surface area contributed by atoms with Crippen molar-refractivity contribution < 1.29 is 4.74 Å². The van der Waals surface area contributed by atoms with Crippen LogP contribution in [0.3, 0.4) is 0 Å². The van der Waals surface area contributed by atoms with Crippen LogP contribution in [-0.2, 0) is 6.42 Å². The number of ether oxygens (including phenoxy) is 1. The molecule has 0 spiro atoms. The number of hydrogen-bond acceptors (Lipinski definition) is 1. The lowest BCUT2D eigenvalue weighted by atomic mass is 10.0. The molecule has 0 heterocycles. The number of alkyl halides is 1. The van der Waals surface area contributed by atoms with Crippen molar-refractivity contribution in [2.75, 3.05) is 7.11 Å². The standard InChI is InChI=1S/C16H16BrClO/c1-11-4-3-5-12(8-11)9-15(17)14-7-6-13(19-2)10-16(14)18/h3-8,10,15H,9H2,1-2H3. The van der Waals surface area contributed by atoms with Crippen LogP contribution in [0.4, 0.5) is 0 Å². The minimum Gasteiger partial charge on any atom is -0.497 e. The summed E-state index contributed by atoms with van der Waals surface area (Å²) in [6, 6.07) is 14.3. The van der Waals surface area contributed by atoms with E-state index in [0.717, 1.165) is 22.8 Å². The first-order chi connectivity index (χ1) is 9.10. The van der Waals surface area contributed by atoms with Gasteiger partial charge in [-0.2, -0.15) is 0 Å². The highest BCUT2D eigenvalue weighted by atomic mass is 79.9. The molecule has 19 heavy (non-hydrogen) atoms. The van der Waals surface area contributed by atoms with Crippen LogP contribution < -0.4 is 4.74 Å². The molecular weight excluding hydrogens is 324 g/mol. The molecule has 2 rings (SSSR count). The van der Waals surface area contributed by atoms with E-state index >= 15 is 0 Å². The Morgan fingerprint density at radius 3 is 2.63 bits per heavy atom. The van der Waals surface area contributed by atoms with Gasteiger partial charge in [0, 0.05) is 9.85 Å². The average Bonchev–Trinajstić information content (AvgIpc) is 2.38. The number of hydrogen-bond donors (Lipinski definition) is 0. The lowest BCUT2D eigenvalue weighted by Crippen LogP contribution is -1.97. The third-order valence-electron chi connectivity index (χ3n) is 3.04. The van der Waals surface area contributed by atoms with Crippen LogP contribution in [0, 0.1) is 6.92 Å². The summed E-state index contributed by atoms with van der Waals surface area (Å²) >= 11 is 10.0. The van der Waals surface area contributed by atoms with Crippen molar-refractivity contribution in [1.82, 2.24) is 0 Å². The van der Waals surface area contributed by atoms with Crippen molar-refractivity contribution in [2.45, 2.75) is 18.2 Å². The molecule has 0 aliphatic heterocycles. The molecule has 100 valence electrons. The van der Waals surface area contributed by atoms with Gasteiger partial charge in [-0.15, -0.1) is 0 Å². The smallest absolute Gasteiger partial charge is 0.120 e. The van der Waals surface area contributed by atoms with Gasteiger partial charge in [-0.1, -0.05) is 63.4 Å². The summed E-state index contributed by atoms with van der Waals surface area (Å²) in [5.74, 6) is 0.781. The predicted octanol–water partition coefficient (Wildman–Crippen LogP) is 5.34. The molecule has 0 bridgehead atoms. The summed E-state index contributed by atoms with van der Waals surface area (Å²) in [7, 11) is 1.64. The molecule has 0 amide bonds. The summed E-state index contributed by atoms with van der Waals surface area (Å²) in [6.45, 7) is 2.10. The van der Waals surface area contributed by atoms with Crippen LogP contribution in [0.5, 0.6) is 5.75 Å². The van der Waals surface area contributed by atoms with E-state index in [1.807, 2.05) is 18.2 Å². The minimum absolute atomic E-state index is 0.202. The molecule has 3 heteroatoms. The van der Waals surface area contributed by atoms with Crippen molar-refractivity contribution in [3.63, 3.8) is 0 Å². The molecule has 1 atom stereocenters. The van der Waals surface area contributed by atoms with Gasteiger partial charge in [0.1, 0.15) is 5.75 Å². The highest BCUT2D eigenvalue weighted by Gasteiger charge is 2.13. The zero-order chi connectivity index (χ0) is 13.8. The largest absolute Gasteiger partial charge is 0.497 e. The van der Waals surface area contributed by atoms with Gasteiger partial charge in [0.05, 0.1) is 7.11 Å². The molecule has 0 aliphatic carbocycles. The first-order valence-corrected chi connectivity index (χ1v) is 7.42. The van der Waals surface area contributed by atoms with Crippen molar-refractivity contribution in [2.24, 2.45) is 0 Å². The maximum Gasteiger partial charge on any atom is 0.120 e. The van der Waals surface area contributed by atoms with Crippen LogP contribution in [0.2, 0.25) is 5.02 Å². The van der Waals surface area contributed by atoms with Gasteiger partial charge in [0.15, 0.2) is 0 Å². The van der Waals surface area contributed by atoms with E-state index in [4.69, 9.17) is 16.3 Å². The van der Waals surface area contributed by atoms with Gasteiger partial charge in [-0.3, -0.25) is 0 Å². The second-order valence-electron chi connectivity index (χ2n) is 4.55. The fourth-order valence-corrected chi connectivity index (χ4v) is 3.25. The van der Waals surface area contributed by atoms with Gasteiger partial charge in [0.25, 0.3) is 0 Å². The van der Waals surface area contributed by atoms with Gasteiger partial charge in [0.2, 0.25) is 0 Å². The van der Waals surface area contributed by atoms with E-state index in [-0.39, 0.29) is 4.83 Å². The molecule has 0 aromatic heterocycles. The van der Waals surface area contributed by atoms with E-state index in [9.17, 15) is 0 Å². The van der Waals surface area contributed by atoms with Crippen LogP contribution >= 0.6 is 27.5 Å². The summed E-state index contributed by atoms with van der Waals surface area (Å²) < 4.78 is 5.16. The normalized spacial score (nSPS) is 12.2. The molecular formula is C16H16BrClO. The van der Waals surface area contributed by atoms with Crippen LogP contribution in [0.1, 0.15) is 21.5 Å². The lowest BCUT2D eigenvalue weighted by molar-refractivity contribution is 0.414. The molecule has 1 nitrogen and oxygen atoms in total. The van der Waals surface area contributed by atoms with Crippen molar-refractivity contribution >= 4 is 27.5 Å². The number of methoxy groups -OCH3 is 1. The monoisotopic (exact) mass is 338 g/mol. The van der Waals surface area contributed by atoms with Crippen LogP contribution in [0.15, 0.2) is 42.5 Å². The first kappa shape index (κ1) is 14.4. The molecule has 0 saturated heterocycles.